The van der Waals surface area contributed by atoms with E-state index in [0.29, 0.717) is 11.3 Å². The summed E-state index contributed by atoms with van der Waals surface area (Å²) < 4.78 is 4.92. The summed E-state index contributed by atoms with van der Waals surface area (Å²) in [4.78, 5) is 0. The summed E-state index contributed by atoms with van der Waals surface area (Å²) in [6.45, 7) is 0.858. The van der Waals surface area contributed by atoms with Crippen LogP contribution in [0.1, 0.15) is 5.56 Å². The van der Waals surface area contributed by atoms with Crippen molar-refractivity contribution in [2.24, 2.45) is 15.9 Å². The molecule has 0 saturated heterocycles. The Labute approximate surface area is 148 Å². The molecule has 0 radical (unpaired) electrons. The predicted molar refractivity (Wildman–Crippen MR) is 87.7 cm³/mol. The van der Waals surface area contributed by atoms with Crippen LogP contribution in [-0.4, -0.2) is 30.1 Å². The van der Waals surface area contributed by atoms with Gasteiger partial charge in [-0.25, -0.2) is 0 Å². The first-order chi connectivity index (χ1) is 10.1. The number of phenolic OH excluding ortho intramolecular Hbond substituents is 1. The number of amidine groups is 1. The van der Waals surface area contributed by atoms with Gasteiger partial charge in [-0.15, -0.1) is 12.6 Å². The molecule has 1 heterocycles. The molecule has 8 heteroatoms. The Morgan fingerprint density at radius 2 is 2.23 bits per heavy atom. The zero-order valence-corrected chi connectivity index (χ0v) is 14.2. The molecule has 3 N–H and O–H groups in total. The molecule has 1 aromatic carbocycles. The smallest absolute Gasteiger partial charge is 0.741 e. The number of allylic oxidation sites excluding steroid dienone is 2. The third-order valence-electron chi connectivity index (χ3n) is 2.25. The van der Waals surface area contributed by atoms with Gasteiger partial charge in [-0.1, -0.05) is 18.2 Å². The summed E-state index contributed by atoms with van der Waals surface area (Å²) in [5.41, 5.74) is 5.60. The molecule has 0 bridgehead atoms. The Hall–Kier alpha value is -1.88. The maximum absolute atomic E-state index is 9.63. The molecular weight excluding hydrogens is 395 g/mol. The van der Waals surface area contributed by atoms with Crippen molar-refractivity contribution in [2.45, 2.75) is 0 Å². The van der Waals surface area contributed by atoms with E-state index in [0.717, 1.165) is 6.54 Å². The summed E-state index contributed by atoms with van der Waals surface area (Å²) in [6.07, 6.45) is 9.08. The monoisotopic (exact) mass is 410 g/mol. The molecular formula is C14H16N4O2PdS. The van der Waals surface area contributed by atoms with Crippen molar-refractivity contribution in [3.63, 3.8) is 0 Å². The summed E-state index contributed by atoms with van der Waals surface area (Å²) in [7, 11) is 1.47. The molecule has 0 fully saturated rings. The van der Waals surface area contributed by atoms with Crippen molar-refractivity contribution in [1.29, 1.82) is 0 Å². The zero-order valence-electron chi connectivity index (χ0n) is 11.8. The van der Waals surface area contributed by atoms with Gasteiger partial charge in [0.15, 0.2) is 11.5 Å². The average Bonchev–Trinajstić information content (AvgIpc) is 2.51. The molecule has 0 unspecified atom stereocenters. The number of rotatable bonds is 3. The Bertz CT molecular complexity index is 558. The normalized spacial score (nSPS) is 12.9. The van der Waals surface area contributed by atoms with E-state index in [1.807, 2.05) is 18.2 Å². The van der Waals surface area contributed by atoms with Crippen LogP contribution in [0, 0.1) is 0 Å². The minimum absolute atomic E-state index is 0. The number of nitrogens with two attached hydrogens (primary N) is 1. The van der Waals surface area contributed by atoms with E-state index in [9.17, 15) is 5.11 Å². The molecule has 0 saturated carbocycles. The molecule has 1 aromatic rings. The van der Waals surface area contributed by atoms with Crippen LogP contribution in [0.25, 0.3) is 5.32 Å². The van der Waals surface area contributed by atoms with E-state index in [1.54, 1.807) is 24.4 Å². The van der Waals surface area contributed by atoms with E-state index in [-0.39, 0.29) is 31.3 Å². The van der Waals surface area contributed by atoms with Crippen molar-refractivity contribution >= 4 is 24.0 Å². The van der Waals surface area contributed by atoms with Crippen LogP contribution in [0.5, 0.6) is 11.5 Å². The fourth-order valence-corrected chi connectivity index (χ4v) is 1.37. The molecule has 1 aliphatic heterocycles. The standard InChI is InChI=1S/C9H11N3O2S.C5H6N.Pd/c1-14-7-4-2-3-6(8(7)13)5-11-12-9(10)15;1-2-4-6-5-3-1;/h2-5,13H,1H3,(H3,10,12,15);1-4H,5H2;/q;-1;+2/p-1. The number of benzene rings is 1. The molecule has 0 amide bonds. The molecule has 2 rings (SSSR count). The third kappa shape index (κ3) is 7.79. The van der Waals surface area contributed by atoms with Crippen LogP contribution >= 0.6 is 0 Å². The first kappa shape index (κ1) is 20.1. The number of ether oxygens (including phenoxy) is 1. The topological polar surface area (TPSA) is 94.3 Å². The van der Waals surface area contributed by atoms with Gasteiger partial charge in [0.25, 0.3) is 0 Å². The van der Waals surface area contributed by atoms with Crippen LogP contribution < -0.4 is 10.5 Å². The van der Waals surface area contributed by atoms with Crippen LogP contribution in [0.2, 0.25) is 0 Å². The van der Waals surface area contributed by atoms with Gasteiger partial charge in [-0.2, -0.15) is 16.4 Å². The summed E-state index contributed by atoms with van der Waals surface area (Å²) in [5, 5.41) is 20.5. The summed E-state index contributed by atoms with van der Waals surface area (Å²) in [6, 6.07) is 5.02. The fourth-order valence-electron chi connectivity index (χ4n) is 1.33. The number of nitrogens with zero attached hydrogens (tertiary/aromatic N) is 3. The van der Waals surface area contributed by atoms with Gasteiger partial charge in [-0.3, -0.25) is 0 Å². The van der Waals surface area contributed by atoms with Crippen molar-refractivity contribution in [3.8, 4) is 11.5 Å². The molecule has 0 aliphatic carbocycles. The van der Waals surface area contributed by atoms with Gasteiger partial charge in [0, 0.05) is 5.56 Å². The Balaban J connectivity index is 0.000000529. The first-order valence-electron chi connectivity index (χ1n) is 6.03. The molecule has 0 spiro atoms. The predicted octanol–water partition coefficient (Wildman–Crippen LogP) is 2.04. The quantitative estimate of drug-likeness (QED) is 0.262. The minimum Gasteiger partial charge on any atom is -0.741 e. The molecule has 1 aliphatic rings. The number of para-hydroxylation sites is 1. The molecule has 0 aromatic heterocycles. The number of aromatic hydroxyl groups is 1. The van der Waals surface area contributed by atoms with E-state index in [4.69, 9.17) is 10.5 Å². The van der Waals surface area contributed by atoms with Crippen LogP contribution in [0.4, 0.5) is 0 Å². The fraction of sp³-hybridized carbons (Fsp3) is 0.143. The summed E-state index contributed by atoms with van der Waals surface area (Å²) >= 11 is 4.50. The zero-order chi connectivity index (χ0) is 15.5. The first-order valence-corrected chi connectivity index (χ1v) is 6.43. The Morgan fingerprint density at radius 3 is 2.68 bits per heavy atom. The Morgan fingerprint density at radius 1 is 1.45 bits per heavy atom. The number of hydrogen-bond donors (Lipinski definition) is 2. The largest absolute Gasteiger partial charge is 2.00 e. The van der Waals surface area contributed by atoms with Crippen molar-refractivity contribution < 1.29 is 30.3 Å². The second-order valence-corrected chi connectivity index (χ2v) is 4.13. The average molecular weight is 411 g/mol. The van der Waals surface area contributed by atoms with Crippen molar-refractivity contribution in [2.75, 3.05) is 13.7 Å². The number of methoxy groups -OCH3 is 1. The van der Waals surface area contributed by atoms with Crippen molar-refractivity contribution in [1.82, 2.24) is 0 Å². The second kappa shape index (κ2) is 11.7. The minimum atomic E-state index is -0.0614. The third-order valence-corrected chi connectivity index (χ3v) is 2.33. The van der Waals surface area contributed by atoms with Crippen LogP contribution in [-0.2, 0) is 33.1 Å². The van der Waals surface area contributed by atoms with E-state index in [1.165, 1.54) is 13.3 Å². The van der Waals surface area contributed by atoms with E-state index >= 15 is 0 Å². The van der Waals surface area contributed by atoms with Crippen molar-refractivity contribution in [3.05, 3.63) is 53.5 Å². The van der Waals surface area contributed by atoms with E-state index in [2.05, 4.69) is 28.1 Å². The maximum Gasteiger partial charge on any atom is 2.00 e. The van der Waals surface area contributed by atoms with Gasteiger partial charge >= 0.3 is 20.4 Å². The number of hydrogen-bond acceptors (Lipinski definition) is 5. The number of phenols is 1. The van der Waals surface area contributed by atoms with Crippen LogP contribution in [0.3, 0.4) is 0 Å². The molecule has 6 nitrogen and oxygen atoms in total. The maximum atomic E-state index is 9.63. The van der Waals surface area contributed by atoms with E-state index < -0.39 is 0 Å². The Kier molecular flexibility index (Phi) is 10.7. The van der Waals surface area contributed by atoms with Gasteiger partial charge in [0.05, 0.1) is 13.3 Å². The van der Waals surface area contributed by atoms with Gasteiger partial charge in [0.1, 0.15) is 0 Å². The second-order valence-electron chi connectivity index (χ2n) is 3.72. The van der Waals surface area contributed by atoms with Gasteiger partial charge in [0.2, 0.25) is 0 Å². The molecule has 120 valence electrons. The summed E-state index contributed by atoms with van der Waals surface area (Å²) in [5.74, 6) is 0.371. The van der Waals surface area contributed by atoms with Gasteiger partial charge < -0.3 is 33.5 Å². The molecule has 0 atom stereocenters. The van der Waals surface area contributed by atoms with Gasteiger partial charge in [-0.05, 0) is 17.3 Å². The molecule has 22 heavy (non-hydrogen) atoms. The van der Waals surface area contributed by atoms with Crippen LogP contribution in [0.15, 0.2) is 52.8 Å². The SMILES string of the molecule is C1=CC[N-]C=C1.COc1cccc(C=NN=C(N)[S-])c1O.[Pd+2].